The lowest BCUT2D eigenvalue weighted by Gasteiger charge is -2.08. The van der Waals surface area contributed by atoms with Crippen LogP contribution in [0.1, 0.15) is 0 Å². The molecule has 0 saturated heterocycles. The van der Waals surface area contributed by atoms with Crippen LogP contribution >= 0.6 is 35.0 Å². The first-order chi connectivity index (χ1) is 8.00. The largest absolute Gasteiger partial charge is 0.278 e. The smallest absolute Gasteiger partial charge is 0.267 e. The first kappa shape index (κ1) is 12.5. The fraction of sp³-hybridized carbons (Fsp3) is 0.0909. The van der Waals surface area contributed by atoms with Gasteiger partial charge in [-0.2, -0.15) is 0 Å². The van der Waals surface area contributed by atoms with Gasteiger partial charge in [-0.25, -0.2) is 0 Å². The lowest BCUT2D eigenvalue weighted by Crippen LogP contribution is -2.25. The molecule has 1 heterocycles. The van der Waals surface area contributed by atoms with Gasteiger partial charge in [0.1, 0.15) is 0 Å². The maximum Gasteiger partial charge on any atom is 0.267 e. The normalized spacial score (nSPS) is 15.5. The average Bonchev–Trinajstić information content (AvgIpc) is 2.52. The number of halogens is 2. The molecule has 1 aromatic rings. The molecule has 3 nitrogen and oxygen atoms in total. The van der Waals surface area contributed by atoms with Gasteiger partial charge in [-0.3, -0.25) is 14.5 Å². The third-order valence-electron chi connectivity index (χ3n) is 2.23. The number of carbonyl (C=O) groups excluding carboxylic acids is 2. The van der Waals surface area contributed by atoms with E-state index in [1.54, 1.807) is 18.2 Å². The van der Waals surface area contributed by atoms with Crippen LogP contribution in [0.4, 0.5) is 0 Å². The highest BCUT2D eigenvalue weighted by atomic mass is 35.5. The molecule has 0 bridgehead atoms. The van der Waals surface area contributed by atoms with Gasteiger partial charge in [0, 0.05) is 18.0 Å². The molecule has 1 aromatic carbocycles. The standard InChI is InChI=1S/C11H7Cl2NO2S/c1-14-9(15)5-8(11(14)16)17-10-6(12)3-2-4-7(10)13/h2-5H,1H3. The molecule has 0 aromatic heterocycles. The SMILES string of the molecule is CN1C(=O)C=C(Sc2c(Cl)cccc2Cl)C1=O. The van der Waals surface area contributed by atoms with Crippen molar-refractivity contribution in [2.24, 2.45) is 0 Å². The van der Waals surface area contributed by atoms with Gasteiger partial charge in [0.05, 0.1) is 15.0 Å². The summed E-state index contributed by atoms with van der Waals surface area (Å²) in [5, 5.41) is 0.913. The van der Waals surface area contributed by atoms with Gasteiger partial charge in [-0.1, -0.05) is 41.0 Å². The summed E-state index contributed by atoms with van der Waals surface area (Å²) in [5.74, 6) is -0.670. The minimum atomic E-state index is -0.337. The van der Waals surface area contributed by atoms with Crippen molar-refractivity contribution >= 4 is 46.8 Å². The quantitative estimate of drug-likeness (QED) is 0.785. The van der Waals surface area contributed by atoms with Crippen molar-refractivity contribution in [2.45, 2.75) is 4.90 Å². The minimum absolute atomic E-state index is 0.326. The fourth-order valence-corrected chi connectivity index (χ4v) is 2.86. The van der Waals surface area contributed by atoms with E-state index in [-0.39, 0.29) is 11.8 Å². The molecule has 0 spiro atoms. The maximum atomic E-state index is 11.7. The summed E-state index contributed by atoms with van der Waals surface area (Å²) in [6, 6.07) is 5.08. The van der Waals surface area contributed by atoms with Gasteiger partial charge >= 0.3 is 0 Å². The second-order valence-corrected chi connectivity index (χ2v) is 5.23. The molecule has 0 unspecified atom stereocenters. The van der Waals surface area contributed by atoms with Crippen molar-refractivity contribution in [3.63, 3.8) is 0 Å². The van der Waals surface area contributed by atoms with Crippen molar-refractivity contribution in [1.82, 2.24) is 4.90 Å². The fourth-order valence-electron chi connectivity index (χ4n) is 1.30. The van der Waals surface area contributed by atoms with E-state index in [9.17, 15) is 9.59 Å². The second kappa shape index (κ2) is 4.72. The van der Waals surface area contributed by atoms with E-state index in [1.165, 1.54) is 13.1 Å². The van der Waals surface area contributed by atoms with Gasteiger partial charge in [-0.15, -0.1) is 0 Å². The number of hydrogen-bond acceptors (Lipinski definition) is 3. The third kappa shape index (κ3) is 2.34. The lowest BCUT2D eigenvalue weighted by atomic mass is 10.4. The molecule has 2 rings (SSSR count). The Morgan fingerprint density at radius 1 is 1.18 bits per heavy atom. The Balaban J connectivity index is 2.32. The van der Waals surface area contributed by atoms with Crippen LogP contribution in [0.15, 0.2) is 34.1 Å². The second-order valence-electron chi connectivity index (χ2n) is 3.36. The monoisotopic (exact) mass is 287 g/mol. The predicted octanol–water partition coefficient (Wildman–Crippen LogP) is 2.97. The summed E-state index contributed by atoms with van der Waals surface area (Å²) in [7, 11) is 1.43. The molecule has 0 fully saturated rings. The number of imide groups is 1. The van der Waals surface area contributed by atoms with Crippen LogP contribution < -0.4 is 0 Å². The highest BCUT2D eigenvalue weighted by Crippen LogP contribution is 2.39. The first-order valence-corrected chi connectivity index (χ1v) is 6.23. The van der Waals surface area contributed by atoms with E-state index in [4.69, 9.17) is 23.2 Å². The zero-order valence-corrected chi connectivity index (χ0v) is 11.1. The minimum Gasteiger partial charge on any atom is -0.278 e. The summed E-state index contributed by atoms with van der Waals surface area (Å²) in [4.78, 5) is 24.9. The van der Waals surface area contributed by atoms with Crippen LogP contribution in [0.2, 0.25) is 10.0 Å². The maximum absolute atomic E-state index is 11.7. The predicted molar refractivity (Wildman–Crippen MR) is 68.2 cm³/mol. The zero-order valence-electron chi connectivity index (χ0n) is 8.74. The summed E-state index contributed by atoms with van der Waals surface area (Å²) in [6.45, 7) is 0. The summed E-state index contributed by atoms with van der Waals surface area (Å²) < 4.78 is 0. The van der Waals surface area contributed by atoms with E-state index < -0.39 is 0 Å². The van der Waals surface area contributed by atoms with Gasteiger partial charge in [0.25, 0.3) is 11.8 Å². The van der Waals surface area contributed by atoms with E-state index in [0.29, 0.717) is 19.8 Å². The third-order valence-corrected chi connectivity index (χ3v) is 4.24. The zero-order chi connectivity index (χ0) is 12.6. The Morgan fingerprint density at radius 3 is 2.24 bits per heavy atom. The van der Waals surface area contributed by atoms with Crippen LogP contribution in [-0.4, -0.2) is 23.8 Å². The molecule has 2 amide bonds. The van der Waals surface area contributed by atoms with Crippen molar-refractivity contribution in [1.29, 1.82) is 0 Å². The van der Waals surface area contributed by atoms with Crippen LogP contribution in [0.25, 0.3) is 0 Å². The van der Waals surface area contributed by atoms with Gasteiger partial charge in [0.15, 0.2) is 0 Å². The molecule has 1 aliphatic heterocycles. The van der Waals surface area contributed by atoms with Crippen molar-refractivity contribution in [2.75, 3.05) is 7.05 Å². The lowest BCUT2D eigenvalue weighted by molar-refractivity contribution is -0.135. The number of carbonyl (C=O) groups is 2. The summed E-state index contributed by atoms with van der Waals surface area (Å²) in [5.41, 5.74) is 0. The van der Waals surface area contributed by atoms with Crippen LogP contribution in [0.3, 0.4) is 0 Å². The Morgan fingerprint density at radius 2 is 1.76 bits per heavy atom. The van der Waals surface area contributed by atoms with E-state index >= 15 is 0 Å². The molecule has 0 radical (unpaired) electrons. The number of likely N-dealkylation sites (N-methyl/N-ethyl adjacent to an activating group) is 1. The number of rotatable bonds is 2. The molecule has 17 heavy (non-hydrogen) atoms. The van der Waals surface area contributed by atoms with E-state index in [2.05, 4.69) is 0 Å². The molecule has 88 valence electrons. The Labute approximate surface area is 112 Å². The van der Waals surface area contributed by atoms with Crippen LogP contribution in [0, 0.1) is 0 Å². The highest BCUT2D eigenvalue weighted by molar-refractivity contribution is 8.04. The van der Waals surface area contributed by atoms with Crippen LogP contribution in [-0.2, 0) is 9.59 Å². The van der Waals surface area contributed by atoms with Crippen molar-refractivity contribution < 1.29 is 9.59 Å². The molecule has 0 atom stereocenters. The first-order valence-electron chi connectivity index (χ1n) is 4.66. The van der Waals surface area contributed by atoms with Gasteiger partial charge in [0.2, 0.25) is 0 Å². The number of amides is 2. The van der Waals surface area contributed by atoms with Gasteiger partial charge < -0.3 is 0 Å². The van der Waals surface area contributed by atoms with Gasteiger partial charge in [-0.05, 0) is 12.1 Å². The number of nitrogens with zero attached hydrogens (tertiary/aromatic N) is 1. The molecular weight excluding hydrogens is 281 g/mol. The molecular formula is C11H7Cl2NO2S. The van der Waals surface area contributed by atoms with E-state index in [0.717, 1.165) is 16.7 Å². The highest BCUT2D eigenvalue weighted by Gasteiger charge is 2.29. The topological polar surface area (TPSA) is 37.4 Å². The molecule has 0 N–H and O–H groups in total. The molecule has 0 aliphatic carbocycles. The molecule has 1 aliphatic rings. The number of hydrogen-bond donors (Lipinski definition) is 0. The Hall–Kier alpha value is -0.970. The van der Waals surface area contributed by atoms with Crippen LogP contribution in [0.5, 0.6) is 0 Å². The Kier molecular flexibility index (Phi) is 3.47. The van der Waals surface area contributed by atoms with Crippen molar-refractivity contribution in [3.05, 3.63) is 39.2 Å². The average molecular weight is 288 g/mol. The van der Waals surface area contributed by atoms with E-state index in [1.807, 2.05) is 0 Å². The number of thioether (sulfide) groups is 1. The summed E-state index contributed by atoms with van der Waals surface area (Å²) in [6.07, 6.45) is 1.28. The summed E-state index contributed by atoms with van der Waals surface area (Å²) >= 11 is 13.1. The molecule has 6 heteroatoms. The number of benzene rings is 1. The Bertz CT molecular complexity index is 522. The molecule has 0 saturated carbocycles. The van der Waals surface area contributed by atoms with Crippen molar-refractivity contribution in [3.8, 4) is 0 Å².